The number of esters is 1. The van der Waals surface area contributed by atoms with E-state index in [1.807, 2.05) is 0 Å². The molecule has 0 saturated heterocycles. The highest BCUT2D eigenvalue weighted by Crippen LogP contribution is 2.33. The van der Waals surface area contributed by atoms with Crippen molar-refractivity contribution in [3.63, 3.8) is 0 Å². The summed E-state index contributed by atoms with van der Waals surface area (Å²) in [6.07, 6.45) is 0. The van der Waals surface area contributed by atoms with E-state index in [1.54, 1.807) is 25.1 Å². The molecule has 1 rings (SSSR count). The summed E-state index contributed by atoms with van der Waals surface area (Å²) in [6, 6.07) is 5.38. The Kier molecular flexibility index (Phi) is 4.13. The third kappa shape index (κ3) is 2.25. The van der Waals surface area contributed by atoms with Gasteiger partial charge in [-0.1, -0.05) is 12.1 Å². The zero-order valence-corrected chi connectivity index (χ0v) is 9.61. The van der Waals surface area contributed by atoms with Crippen LogP contribution in [-0.4, -0.2) is 20.2 Å². The van der Waals surface area contributed by atoms with Crippen LogP contribution in [0.1, 0.15) is 18.4 Å². The van der Waals surface area contributed by atoms with Gasteiger partial charge in [0.1, 0.15) is 5.75 Å². The summed E-state index contributed by atoms with van der Waals surface area (Å²) in [7, 11) is 2.89. The number of hydrogen-bond acceptors (Lipinski definition) is 5. The largest absolute Gasteiger partial charge is 0.494 e. The van der Waals surface area contributed by atoms with Crippen molar-refractivity contribution in [1.82, 2.24) is 0 Å². The Morgan fingerprint density at radius 3 is 2.62 bits per heavy atom. The Morgan fingerprint density at radius 2 is 2.12 bits per heavy atom. The third-order valence-electron chi connectivity index (χ3n) is 2.43. The number of nitrogens with two attached hydrogens (primary N) is 1. The van der Waals surface area contributed by atoms with Crippen LogP contribution in [0.3, 0.4) is 0 Å². The van der Waals surface area contributed by atoms with Gasteiger partial charge in [0.25, 0.3) is 0 Å². The molecule has 1 aromatic rings. The molecule has 3 N–H and O–H groups in total. The van der Waals surface area contributed by atoms with Gasteiger partial charge in [-0.25, -0.2) is 0 Å². The highest BCUT2D eigenvalue weighted by Gasteiger charge is 2.21. The SMILES string of the molecule is COC(=O)C(C)c1cccc(NN)c1OC. The predicted molar refractivity (Wildman–Crippen MR) is 61.2 cm³/mol. The molecular formula is C11H16N2O3. The van der Waals surface area contributed by atoms with E-state index in [0.29, 0.717) is 11.4 Å². The highest BCUT2D eigenvalue weighted by atomic mass is 16.5. The minimum atomic E-state index is -0.395. The van der Waals surface area contributed by atoms with Crippen LogP contribution in [-0.2, 0) is 9.53 Å². The molecule has 0 radical (unpaired) electrons. The number of hydrazine groups is 1. The summed E-state index contributed by atoms with van der Waals surface area (Å²) in [4.78, 5) is 11.5. The lowest BCUT2D eigenvalue weighted by molar-refractivity contribution is -0.142. The van der Waals surface area contributed by atoms with Crippen molar-refractivity contribution in [2.45, 2.75) is 12.8 Å². The number of para-hydroxylation sites is 1. The number of carbonyl (C=O) groups excluding carboxylic acids is 1. The van der Waals surface area contributed by atoms with E-state index in [-0.39, 0.29) is 5.97 Å². The van der Waals surface area contributed by atoms with Crippen molar-refractivity contribution >= 4 is 11.7 Å². The van der Waals surface area contributed by atoms with E-state index < -0.39 is 5.92 Å². The van der Waals surface area contributed by atoms with Crippen LogP contribution < -0.4 is 16.0 Å². The Hall–Kier alpha value is -1.75. The van der Waals surface area contributed by atoms with E-state index in [9.17, 15) is 4.79 Å². The maximum Gasteiger partial charge on any atom is 0.312 e. The fraction of sp³-hybridized carbons (Fsp3) is 0.364. The topological polar surface area (TPSA) is 73.6 Å². The van der Waals surface area contributed by atoms with Crippen LogP contribution in [0, 0.1) is 0 Å². The summed E-state index contributed by atoms with van der Waals surface area (Å²) in [5.74, 6) is 5.21. The second-order valence-electron chi connectivity index (χ2n) is 3.32. The van der Waals surface area contributed by atoms with Gasteiger partial charge in [0.2, 0.25) is 0 Å². The fourth-order valence-electron chi connectivity index (χ4n) is 1.54. The van der Waals surface area contributed by atoms with Gasteiger partial charge in [0.05, 0.1) is 25.8 Å². The number of nitrogens with one attached hydrogen (secondary N) is 1. The first-order valence-corrected chi connectivity index (χ1v) is 4.87. The first kappa shape index (κ1) is 12.3. The number of anilines is 1. The first-order chi connectivity index (χ1) is 7.65. The van der Waals surface area contributed by atoms with E-state index in [4.69, 9.17) is 15.3 Å². The molecule has 0 amide bonds. The normalized spacial score (nSPS) is 11.8. The molecule has 0 bridgehead atoms. The number of benzene rings is 1. The van der Waals surface area contributed by atoms with Gasteiger partial charge in [0.15, 0.2) is 0 Å². The molecule has 0 aromatic heterocycles. The van der Waals surface area contributed by atoms with Crippen LogP contribution in [0.15, 0.2) is 18.2 Å². The number of hydrogen-bond donors (Lipinski definition) is 2. The Morgan fingerprint density at radius 1 is 1.44 bits per heavy atom. The number of carbonyl (C=O) groups is 1. The smallest absolute Gasteiger partial charge is 0.312 e. The lowest BCUT2D eigenvalue weighted by Crippen LogP contribution is -2.14. The number of ether oxygens (including phenoxy) is 2. The summed E-state index contributed by atoms with van der Waals surface area (Å²) in [5, 5.41) is 0. The van der Waals surface area contributed by atoms with Crippen molar-refractivity contribution < 1.29 is 14.3 Å². The maximum absolute atomic E-state index is 11.5. The lowest BCUT2D eigenvalue weighted by atomic mass is 9.99. The van der Waals surface area contributed by atoms with Crippen LogP contribution in [0.2, 0.25) is 0 Å². The van der Waals surface area contributed by atoms with Gasteiger partial charge >= 0.3 is 5.97 Å². The lowest BCUT2D eigenvalue weighted by Gasteiger charge is -2.16. The molecule has 0 heterocycles. The molecule has 1 aromatic carbocycles. The van der Waals surface area contributed by atoms with Gasteiger partial charge in [0, 0.05) is 5.56 Å². The third-order valence-corrected chi connectivity index (χ3v) is 2.43. The van der Waals surface area contributed by atoms with Crippen LogP contribution in [0.4, 0.5) is 5.69 Å². The molecule has 5 nitrogen and oxygen atoms in total. The number of methoxy groups -OCH3 is 2. The molecule has 5 heteroatoms. The predicted octanol–water partition coefficient (Wildman–Crippen LogP) is 1.26. The second kappa shape index (κ2) is 5.37. The van der Waals surface area contributed by atoms with E-state index in [0.717, 1.165) is 5.56 Å². The summed E-state index contributed by atoms with van der Waals surface area (Å²) >= 11 is 0. The molecule has 0 aliphatic carbocycles. The number of nitrogen functional groups attached to an aromatic ring is 1. The van der Waals surface area contributed by atoms with Crippen molar-refractivity contribution in [3.05, 3.63) is 23.8 Å². The molecule has 0 spiro atoms. The van der Waals surface area contributed by atoms with Crippen molar-refractivity contribution in [1.29, 1.82) is 0 Å². The highest BCUT2D eigenvalue weighted by molar-refractivity contribution is 5.80. The summed E-state index contributed by atoms with van der Waals surface area (Å²) in [5.41, 5.74) is 3.90. The molecule has 16 heavy (non-hydrogen) atoms. The molecular weight excluding hydrogens is 208 g/mol. The van der Waals surface area contributed by atoms with Crippen LogP contribution in [0.25, 0.3) is 0 Å². The Labute approximate surface area is 94.5 Å². The Bertz CT molecular complexity index is 379. The van der Waals surface area contributed by atoms with Gasteiger partial charge in [-0.15, -0.1) is 0 Å². The molecule has 1 atom stereocenters. The van der Waals surface area contributed by atoms with E-state index >= 15 is 0 Å². The molecule has 0 fully saturated rings. The van der Waals surface area contributed by atoms with Gasteiger partial charge in [-0.3, -0.25) is 10.6 Å². The fourth-order valence-corrected chi connectivity index (χ4v) is 1.54. The quantitative estimate of drug-likeness (QED) is 0.457. The van der Waals surface area contributed by atoms with E-state index in [1.165, 1.54) is 14.2 Å². The number of rotatable bonds is 4. The van der Waals surface area contributed by atoms with Crippen molar-refractivity contribution in [2.24, 2.45) is 5.84 Å². The molecule has 0 saturated carbocycles. The zero-order valence-electron chi connectivity index (χ0n) is 9.61. The Balaban J connectivity index is 3.17. The zero-order chi connectivity index (χ0) is 12.1. The van der Waals surface area contributed by atoms with Gasteiger partial charge < -0.3 is 14.9 Å². The van der Waals surface area contributed by atoms with Crippen molar-refractivity contribution in [2.75, 3.05) is 19.6 Å². The summed E-state index contributed by atoms with van der Waals surface area (Å²) < 4.78 is 9.93. The molecule has 1 unspecified atom stereocenters. The van der Waals surface area contributed by atoms with E-state index in [2.05, 4.69) is 5.43 Å². The first-order valence-electron chi connectivity index (χ1n) is 4.87. The minimum Gasteiger partial charge on any atom is -0.494 e. The van der Waals surface area contributed by atoms with Crippen molar-refractivity contribution in [3.8, 4) is 5.75 Å². The maximum atomic E-state index is 11.5. The molecule has 88 valence electrons. The minimum absolute atomic E-state index is 0.313. The van der Waals surface area contributed by atoms with Crippen LogP contribution >= 0.6 is 0 Å². The average Bonchev–Trinajstić information content (AvgIpc) is 2.35. The second-order valence-corrected chi connectivity index (χ2v) is 3.32. The van der Waals surface area contributed by atoms with Gasteiger partial charge in [-0.05, 0) is 13.0 Å². The van der Waals surface area contributed by atoms with Crippen LogP contribution in [0.5, 0.6) is 5.75 Å². The standard InChI is InChI=1S/C11H16N2O3/c1-7(11(14)16-3)8-5-4-6-9(13-12)10(8)15-2/h4-7,13H,12H2,1-3H3. The summed E-state index contributed by atoms with van der Waals surface area (Å²) in [6.45, 7) is 1.75. The molecule has 0 aliphatic rings. The average molecular weight is 224 g/mol. The molecule has 0 aliphatic heterocycles. The van der Waals surface area contributed by atoms with Gasteiger partial charge in [-0.2, -0.15) is 0 Å². The monoisotopic (exact) mass is 224 g/mol.